The summed E-state index contributed by atoms with van der Waals surface area (Å²) >= 11 is 0. The highest BCUT2D eigenvalue weighted by molar-refractivity contribution is 7.86. The highest BCUT2D eigenvalue weighted by Gasteiger charge is 2.13. The smallest absolute Gasteiger partial charge is 0.215 e. The molecule has 0 amide bonds. The molecular weight excluding hydrogens is 200 g/mol. The van der Waals surface area contributed by atoms with Gasteiger partial charge >= 0.3 is 0 Å². The molecule has 68 valence electrons. The summed E-state index contributed by atoms with van der Waals surface area (Å²) in [5, 5.41) is 4.76. The molecule has 0 atom stereocenters. The fraction of sp³-hybridized carbons (Fsp3) is 0.333. The minimum absolute atomic E-state index is 0. The van der Waals surface area contributed by atoms with Crippen LogP contribution in [0.2, 0.25) is 0 Å². The molecule has 0 saturated heterocycles. The summed E-state index contributed by atoms with van der Waals surface area (Å²) in [6.45, 7) is -0.188. The van der Waals surface area contributed by atoms with Crippen molar-refractivity contribution in [3.8, 4) is 24.7 Å². The first kappa shape index (κ1) is 13.8. The summed E-state index contributed by atoms with van der Waals surface area (Å²) in [7, 11) is -3.74. The normalized spacial score (nSPS) is 9.67. The molecule has 2 N–H and O–H groups in total. The lowest BCUT2D eigenvalue weighted by Gasteiger charge is -2.11. The number of hydrogen-bond acceptors (Lipinski definition) is 2. The van der Waals surface area contributed by atoms with Crippen molar-refractivity contribution < 1.29 is 8.42 Å². The summed E-state index contributed by atoms with van der Waals surface area (Å²) in [5.41, 5.74) is 0. The minimum Gasteiger partial charge on any atom is -0.215 e. The van der Waals surface area contributed by atoms with Gasteiger partial charge in [-0.2, -0.15) is 12.7 Å². The van der Waals surface area contributed by atoms with Crippen LogP contribution in [0.15, 0.2) is 0 Å². The van der Waals surface area contributed by atoms with Crippen molar-refractivity contribution in [3.05, 3.63) is 0 Å². The van der Waals surface area contributed by atoms with Crippen molar-refractivity contribution in [2.24, 2.45) is 5.14 Å². The Morgan fingerprint density at radius 2 is 1.58 bits per heavy atom. The Bertz CT molecular complexity index is 282. The van der Waals surface area contributed by atoms with Crippen LogP contribution in [0, 0.1) is 24.7 Å². The maximum Gasteiger partial charge on any atom is 0.278 e. The van der Waals surface area contributed by atoms with E-state index in [1.54, 1.807) is 0 Å². The van der Waals surface area contributed by atoms with E-state index in [4.69, 9.17) is 18.0 Å². The first-order chi connectivity index (χ1) is 5.02. The van der Waals surface area contributed by atoms with E-state index in [2.05, 4.69) is 11.8 Å². The zero-order chi connectivity index (χ0) is 8.91. The number of halogens is 1. The maximum absolute atomic E-state index is 10.6. The van der Waals surface area contributed by atoms with Gasteiger partial charge in [-0.15, -0.1) is 25.3 Å². The fourth-order valence-electron chi connectivity index (χ4n) is 0.439. The zero-order valence-electron chi connectivity index (χ0n) is 6.23. The molecule has 4 nitrogen and oxygen atoms in total. The average Bonchev–Trinajstić information content (AvgIpc) is 1.85. The highest BCUT2D eigenvalue weighted by Crippen LogP contribution is 1.90. The third-order valence-electron chi connectivity index (χ3n) is 0.895. The molecule has 0 unspecified atom stereocenters. The molecule has 0 heterocycles. The lowest BCUT2D eigenvalue weighted by Crippen LogP contribution is -2.37. The highest BCUT2D eigenvalue weighted by atomic mass is 35.5. The van der Waals surface area contributed by atoms with Crippen LogP contribution in [0.3, 0.4) is 0 Å². The Morgan fingerprint density at radius 3 is 1.75 bits per heavy atom. The second kappa shape index (κ2) is 5.87. The van der Waals surface area contributed by atoms with E-state index in [0.29, 0.717) is 0 Å². The van der Waals surface area contributed by atoms with E-state index in [-0.39, 0.29) is 25.5 Å². The molecule has 0 fully saturated rings. The standard InChI is InChI=1S/C6H8N2O2S.ClH/c1-3-5-8(6-4-2)11(7,9)10;/h1-2H,5-6H2,(H2,7,9,10);1H. The number of nitrogens with zero attached hydrogens (tertiary/aromatic N) is 1. The third-order valence-corrected chi connectivity index (χ3v) is 1.87. The van der Waals surface area contributed by atoms with E-state index in [1.807, 2.05) is 0 Å². The van der Waals surface area contributed by atoms with E-state index < -0.39 is 10.2 Å². The predicted molar refractivity (Wildman–Crippen MR) is 49.6 cm³/mol. The molecule has 0 spiro atoms. The molecule has 0 radical (unpaired) electrons. The molecule has 0 aromatic heterocycles. The van der Waals surface area contributed by atoms with Crippen LogP contribution in [0.1, 0.15) is 0 Å². The van der Waals surface area contributed by atoms with Gasteiger partial charge in [0, 0.05) is 0 Å². The molecule has 0 aromatic carbocycles. The number of terminal acetylenes is 2. The van der Waals surface area contributed by atoms with Crippen LogP contribution < -0.4 is 5.14 Å². The van der Waals surface area contributed by atoms with Crippen molar-refractivity contribution in [2.45, 2.75) is 0 Å². The number of hydrogen-bond donors (Lipinski definition) is 1. The van der Waals surface area contributed by atoms with E-state index in [1.165, 1.54) is 0 Å². The van der Waals surface area contributed by atoms with Gasteiger partial charge in [0.25, 0.3) is 10.2 Å². The lowest BCUT2D eigenvalue weighted by atomic mass is 10.6. The summed E-state index contributed by atoms with van der Waals surface area (Å²) in [4.78, 5) is 0. The van der Waals surface area contributed by atoms with Crippen molar-refractivity contribution >= 4 is 22.6 Å². The number of rotatable bonds is 3. The van der Waals surface area contributed by atoms with Gasteiger partial charge in [-0.3, -0.25) is 0 Å². The summed E-state index contributed by atoms with van der Waals surface area (Å²) in [5.74, 6) is 4.26. The second-order valence-corrected chi connectivity index (χ2v) is 3.27. The third kappa shape index (κ3) is 5.00. The Labute approximate surface area is 78.7 Å². The fourth-order valence-corrected chi connectivity index (χ4v) is 0.948. The van der Waals surface area contributed by atoms with Crippen LogP contribution in [0.5, 0.6) is 0 Å². The van der Waals surface area contributed by atoms with E-state index in [9.17, 15) is 8.42 Å². The van der Waals surface area contributed by atoms with Crippen molar-refractivity contribution in [1.29, 1.82) is 0 Å². The molecule has 6 heteroatoms. The number of nitrogens with two attached hydrogens (primary N) is 1. The SMILES string of the molecule is C#CCN(CC#C)S(N)(=O)=O.Cl. The van der Waals surface area contributed by atoms with E-state index >= 15 is 0 Å². The van der Waals surface area contributed by atoms with Crippen molar-refractivity contribution in [1.82, 2.24) is 4.31 Å². The molecule has 0 aromatic rings. The van der Waals surface area contributed by atoms with Gasteiger partial charge in [-0.05, 0) is 0 Å². The molecule has 0 bridgehead atoms. The van der Waals surface area contributed by atoms with Crippen molar-refractivity contribution in [2.75, 3.05) is 13.1 Å². The average molecular weight is 209 g/mol. The van der Waals surface area contributed by atoms with Gasteiger partial charge in [0.15, 0.2) is 0 Å². The molecule has 0 aliphatic heterocycles. The monoisotopic (exact) mass is 208 g/mol. The van der Waals surface area contributed by atoms with Gasteiger partial charge in [0.05, 0.1) is 13.1 Å². The maximum atomic E-state index is 10.6. The Morgan fingerprint density at radius 1 is 1.25 bits per heavy atom. The topological polar surface area (TPSA) is 63.4 Å². The minimum atomic E-state index is -3.74. The van der Waals surface area contributed by atoms with E-state index in [0.717, 1.165) is 4.31 Å². The second-order valence-electron chi connectivity index (χ2n) is 1.72. The van der Waals surface area contributed by atoms with Crippen LogP contribution in [0.25, 0.3) is 0 Å². The molecule has 0 aliphatic rings. The molecule has 0 rings (SSSR count). The van der Waals surface area contributed by atoms with Gasteiger partial charge in [-0.1, -0.05) is 11.8 Å². The Kier molecular flexibility index (Phi) is 6.77. The summed E-state index contributed by atoms with van der Waals surface area (Å²) in [6, 6.07) is 0. The zero-order valence-corrected chi connectivity index (χ0v) is 7.86. The van der Waals surface area contributed by atoms with Crippen LogP contribution >= 0.6 is 12.4 Å². The Balaban J connectivity index is 0. The first-order valence-corrected chi connectivity index (χ1v) is 4.17. The first-order valence-electron chi connectivity index (χ1n) is 2.67. The Hall–Kier alpha value is -0.720. The summed E-state index contributed by atoms with van der Waals surface area (Å²) < 4.78 is 22.1. The predicted octanol–water partition coefficient (Wildman–Crippen LogP) is -0.820. The van der Waals surface area contributed by atoms with Gasteiger partial charge in [-0.25, -0.2) is 5.14 Å². The largest absolute Gasteiger partial charge is 0.278 e. The molecule has 0 saturated carbocycles. The molecular formula is C6H9ClN2O2S. The lowest BCUT2D eigenvalue weighted by molar-refractivity contribution is 0.484. The van der Waals surface area contributed by atoms with Gasteiger partial charge in [0.2, 0.25) is 0 Å². The van der Waals surface area contributed by atoms with Gasteiger partial charge in [0.1, 0.15) is 0 Å². The molecule has 12 heavy (non-hydrogen) atoms. The molecule has 0 aliphatic carbocycles. The quantitative estimate of drug-likeness (QED) is 0.616. The van der Waals surface area contributed by atoms with Crippen LogP contribution in [-0.4, -0.2) is 25.8 Å². The van der Waals surface area contributed by atoms with Gasteiger partial charge < -0.3 is 0 Å². The van der Waals surface area contributed by atoms with Crippen LogP contribution in [0.4, 0.5) is 0 Å². The van der Waals surface area contributed by atoms with Crippen molar-refractivity contribution in [3.63, 3.8) is 0 Å². The van der Waals surface area contributed by atoms with Crippen LogP contribution in [-0.2, 0) is 10.2 Å². The summed E-state index contributed by atoms with van der Waals surface area (Å²) in [6.07, 6.45) is 9.75.